The van der Waals surface area contributed by atoms with Crippen molar-refractivity contribution in [2.45, 2.75) is 25.3 Å². The topological polar surface area (TPSA) is 91.1 Å². The fourth-order valence-electron chi connectivity index (χ4n) is 3.54. The van der Waals surface area contributed by atoms with E-state index in [1.54, 1.807) is 11.0 Å². The molecule has 1 aromatic heterocycles. The monoisotopic (exact) mass is 383 g/mol. The third kappa shape index (κ3) is 3.72. The normalized spacial score (nSPS) is 18.7. The molecule has 1 unspecified atom stereocenters. The molecular weight excluding hydrogens is 366 g/mol. The van der Waals surface area contributed by atoms with Crippen molar-refractivity contribution in [3.05, 3.63) is 51.8 Å². The number of nitriles is 1. The number of nitrogens with one attached hydrogen (secondary N) is 1. The van der Waals surface area contributed by atoms with Crippen LogP contribution in [-0.2, 0) is 17.6 Å². The summed E-state index contributed by atoms with van der Waals surface area (Å²) in [4.78, 5) is 22.6. The highest BCUT2D eigenvalue weighted by molar-refractivity contribution is 6.30. The number of nitrogens with zero attached hydrogens (tertiary/aromatic N) is 4. The minimum Gasteiger partial charge on any atom is -0.361 e. The van der Waals surface area contributed by atoms with Gasteiger partial charge in [0.25, 0.3) is 5.91 Å². The molecule has 4 rings (SSSR count). The number of aromatic nitrogens is 2. The van der Waals surface area contributed by atoms with Crippen molar-refractivity contribution in [3.8, 4) is 6.07 Å². The maximum Gasteiger partial charge on any atom is 0.258 e. The average Bonchev–Trinajstić information content (AvgIpc) is 3.10. The summed E-state index contributed by atoms with van der Waals surface area (Å²) in [5.41, 5.74) is 3.16. The van der Waals surface area contributed by atoms with Crippen molar-refractivity contribution >= 4 is 23.5 Å². The molecule has 1 saturated heterocycles. The van der Waals surface area contributed by atoms with Crippen LogP contribution in [0.4, 0.5) is 5.95 Å². The summed E-state index contributed by atoms with van der Waals surface area (Å²) in [6.45, 7) is 1.68. The standard InChI is InChI=1S/C19H18ClN5O2/c20-15-4-12-6-16(7-17(12)13(5-15)8-21)24-19-22-9-14(10-23-19)18(26)25-2-1-3-27-11-25/h4-5,9-10,16H,1-3,6-7,11H2,(H,22,23,24). The van der Waals surface area contributed by atoms with Gasteiger partial charge in [-0.05, 0) is 42.5 Å². The Hall–Kier alpha value is -2.69. The van der Waals surface area contributed by atoms with Gasteiger partial charge >= 0.3 is 0 Å². The number of hydrogen-bond acceptors (Lipinski definition) is 6. The number of rotatable bonds is 3. The second-order valence-electron chi connectivity index (χ2n) is 6.71. The Morgan fingerprint density at radius 2 is 2.15 bits per heavy atom. The molecular formula is C19H18ClN5O2. The molecule has 1 aliphatic heterocycles. The molecule has 2 aliphatic rings. The van der Waals surface area contributed by atoms with Crippen LogP contribution in [0.25, 0.3) is 0 Å². The average molecular weight is 384 g/mol. The van der Waals surface area contributed by atoms with Crippen LogP contribution in [0.15, 0.2) is 24.5 Å². The molecule has 1 aromatic carbocycles. The van der Waals surface area contributed by atoms with Gasteiger partial charge in [0.05, 0.1) is 23.8 Å². The highest BCUT2D eigenvalue weighted by atomic mass is 35.5. The number of fused-ring (bicyclic) bond motifs is 1. The fraction of sp³-hybridized carbons (Fsp3) is 0.368. The minimum absolute atomic E-state index is 0.0858. The van der Waals surface area contributed by atoms with Crippen LogP contribution in [0.2, 0.25) is 5.02 Å². The van der Waals surface area contributed by atoms with Crippen molar-refractivity contribution < 1.29 is 9.53 Å². The number of ether oxygens (including phenoxy) is 1. The first kappa shape index (κ1) is 17.7. The number of amides is 1. The van der Waals surface area contributed by atoms with E-state index < -0.39 is 0 Å². The molecule has 1 amide bonds. The summed E-state index contributed by atoms with van der Waals surface area (Å²) < 4.78 is 5.31. The molecule has 0 spiro atoms. The van der Waals surface area contributed by atoms with Crippen LogP contribution < -0.4 is 5.32 Å². The Morgan fingerprint density at radius 3 is 2.85 bits per heavy atom. The zero-order chi connectivity index (χ0) is 18.8. The number of hydrogen-bond donors (Lipinski definition) is 1. The molecule has 1 atom stereocenters. The van der Waals surface area contributed by atoms with E-state index in [1.807, 2.05) is 6.07 Å². The highest BCUT2D eigenvalue weighted by Gasteiger charge is 2.25. The smallest absolute Gasteiger partial charge is 0.258 e. The quantitative estimate of drug-likeness (QED) is 0.875. The molecule has 2 aromatic rings. The van der Waals surface area contributed by atoms with Crippen LogP contribution in [-0.4, -0.2) is 46.7 Å². The van der Waals surface area contributed by atoms with Crippen LogP contribution in [0.5, 0.6) is 0 Å². The van der Waals surface area contributed by atoms with Crippen molar-refractivity contribution in [2.75, 3.05) is 25.2 Å². The second kappa shape index (κ2) is 7.51. The number of benzene rings is 1. The van der Waals surface area contributed by atoms with Crippen molar-refractivity contribution in [3.63, 3.8) is 0 Å². The maximum atomic E-state index is 12.4. The first-order valence-electron chi connectivity index (χ1n) is 8.81. The van der Waals surface area contributed by atoms with E-state index in [4.69, 9.17) is 16.3 Å². The van der Waals surface area contributed by atoms with Gasteiger partial charge in [-0.25, -0.2) is 9.97 Å². The zero-order valence-electron chi connectivity index (χ0n) is 14.6. The van der Waals surface area contributed by atoms with Crippen LogP contribution in [0.3, 0.4) is 0 Å². The van der Waals surface area contributed by atoms with E-state index in [0.29, 0.717) is 48.4 Å². The number of carbonyl (C=O) groups is 1. The van der Waals surface area contributed by atoms with Crippen LogP contribution in [0.1, 0.15) is 33.5 Å². The van der Waals surface area contributed by atoms with Gasteiger partial charge in [-0.3, -0.25) is 4.79 Å². The van der Waals surface area contributed by atoms with E-state index in [9.17, 15) is 10.1 Å². The van der Waals surface area contributed by atoms with Gasteiger partial charge < -0.3 is 15.0 Å². The van der Waals surface area contributed by atoms with Gasteiger partial charge in [-0.15, -0.1) is 0 Å². The van der Waals surface area contributed by atoms with Crippen LogP contribution >= 0.6 is 11.6 Å². The number of halogens is 1. The third-order valence-electron chi connectivity index (χ3n) is 4.83. The van der Waals surface area contributed by atoms with Gasteiger partial charge in [0.1, 0.15) is 6.73 Å². The molecule has 1 N–H and O–H groups in total. The summed E-state index contributed by atoms with van der Waals surface area (Å²) in [6, 6.07) is 5.90. The Labute approximate surface area is 161 Å². The maximum absolute atomic E-state index is 12.4. The summed E-state index contributed by atoms with van der Waals surface area (Å²) >= 11 is 6.09. The van der Waals surface area contributed by atoms with Crippen LogP contribution in [0, 0.1) is 11.3 Å². The predicted molar refractivity (Wildman–Crippen MR) is 99.5 cm³/mol. The molecule has 1 aliphatic carbocycles. The Morgan fingerprint density at radius 1 is 1.33 bits per heavy atom. The highest BCUT2D eigenvalue weighted by Crippen LogP contribution is 2.30. The molecule has 0 radical (unpaired) electrons. The van der Waals surface area contributed by atoms with E-state index >= 15 is 0 Å². The predicted octanol–water partition coefficient (Wildman–Crippen LogP) is 2.40. The summed E-state index contributed by atoms with van der Waals surface area (Å²) in [6.07, 6.45) is 5.37. The SMILES string of the molecule is N#Cc1cc(Cl)cc2c1CC(Nc1ncc(C(=O)N3CCCOC3)cn1)C2. The third-order valence-corrected chi connectivity index (χ3v) is 5.05. The molecule has 2 heterocycles. The Kier molecular flexibility index (Phi) is 4.92. The summed E-state index contributed by atoms with van der Waals surface area (Å²) in [5, 5.41) is 13.1. The fourth-order valence-corrected chi connectivity index (χ4v) is 3.78. The van der Waals surface area contributed by atoms with E-state index in [-0.39, 0.29) is 11.9 Å². The largest absolute Gasteiger partial charge is 0.361 e. The lowest BCUT2D eigenvalue weighted by atomic mass is 10.0. The second-order valence-corrected chi connectivity index (χ2v) is 7.14. The molecule has 27 heavy (non-hydrogen) atoms. The minimum atomic E-state index is -0.122. The Balaban J connectivity index is 1.42. The van der Waals surface area contributed by atoms with Crippen molar-refractivity contribution in [1.29, 1.82) is 5.26 Å². The molecule has 7 nitrogen and oxygen atoms in total. The van der Waals surface area contributed by atoms with E-state index in [2.05, 4.69) is 21.4 Å². The van der Waals surface area contributed by atoms with E-state index in [1.165, 1.54) is 12.4 Å². The molecule has 0 saturated carbocycles. The number of anilines is 1. The van der Waals surface area contributed by atoms with Gasteiger partial charge in [0.2, 0.25) is 5.95 Å². The van der Waals surface area contributed by atoms with Gasteiger partial charge in [-0.1, -0.05) is 11.6 Å². The lowest BCUT2D eigenvalue weighted by Gasteiger charge is -2.26. The van der Waals surface area contributed by atoms with E-state index in [0.717, 1.165) is 24.0 Å². The molecule has 0 bridgehead atoms. The molecule has 1 fully saturated rings. The van der Waals surface area contributed by atoms with Gasteiger partial charge in [0.15, 0.2) is 0 Å². The summed E-state index contributed by atoms with van der Waals surface area (Å²) in [7, 11) is 0. The van der Waals surface area contributed by atoms with Crippen molar-refractivity contribution in [2.24, 2.45) is 0 Å². The van der Waals surface area contributed by atoms with Crippen molar-refractivity contribution in [1.82, 2.24) is 14.9 Å². The molecule has 8 heteroatoms. The lowest BCUT2D eigenvalue weighted by molar-refractivity contribution is -0.00575. The molecule has 138 valence electrons. The van der Waals surface area contributed by atoms with Gasteiger partial charge in [-0.2, -0.15) is 5.26 Å². The first-order chi connectivity index (χ1) is 13.1. The van der Waals surface area contributed by atoms with Gasteiger partial charge in [0, 0.05) is 30.0 Å². The lowest BCUT2D eigenvalue weighted by Crippen LogP contribution is -2.38. The number of carbonyl (C=O) groups excluding carboxylic acids is 1. The summed E-state index contributed by atoms with van der Waals surface area (Å²) in [5.74, 6) is 0.340. The zero-order valence-corrected chi connectivity index (χ0v) is 15.4. The Bertz CT molecular complexity index is 904. The first-order valence-corrected chi connectivity index (χ1v) is 9.19.